The molecule has 35 heteroatoms. The van der Waals surface area contributed by atoms with Crippen LogP contribution in [0.25, 0.3) is 165 Å². The second kappa shape index (κ2) is 36.8. The van der Waals surface area contributed by atoms with E-state index in [0.29, 0.717) is 122 Å². The number of aromatic amines is 5. The third-order valence-corrected chi connectivity index (χ3v) is 25.2. The standard InChI is InChI=1S/C21H22N4O2S.C20H20N4O2S.C19H19N5O2S.C16H13N5OS.C16H12N4OS/c1-11(2)27-15-7-6-14(10-12(15)3)16-13(4)28-18-17(16)23-19(24-21(18)26)20-22-8-9-25(20)5;1-11(2)26-15-6-5-13(9-12(15)3)14-10-27-17-16(14)22-18(23-20(17)25)19-21-7-8-24(19)4;1-11(2)9-26-14-5-4-12(8-21-14)13-10-27-16-15(13)22-17(23-19(16)25)18-20-6-7-24(18)3;1-9-3-4-10(7-18-9)11-8-23-13-12(11)19-14(20-16(13)22)15-17-5-6-21(15)2;1-20-8-7-17-15(20)14-18-12-11(10-5-3-2-4-6-10)9-22-13(12)16(21)19-14/h6-11H,1-5H3,(H,23,24,26);5-11H,1-4H3,(H,22,23,25);4-8,10-11H,9H2,1-3H3,(H,22,23,25);3-8H,1-2H3,(H,19,20,22);2-9H,1H3,(H,18,19,21). The molecule has 0 bridgehead atoms. The van der Waals surface area contributed by atoms with Gasteiger partial charge in [-0.1, -0.05) is 62.4 Å². The number of hydrogen-bond donors (Lipinski definition) is 5. The highest BCUT2D eigenvalue weighted by molar-refractivity contribution is 7.20. The molecule has 0 radical (unpaired) electrons. The Hall–Kier alpha value is -14.4. The molecule has 0 aliphatic rings. The highest BCUT2D eigenvalue weighted by atomic mass is 32.1. The summed E-state index contributed by atoms with van der Waals surface area (Å²) in [7, 11) is 9.35. The zero-order valence-corrected chi connectivity index (χ0v) is 75.8. The lowest BCUT2D eigenvalue weighted by Gasteiger charge is -2.13. The Balaban J connectivity index is 0.000000117. The highest BCUT2D eigenvalue weighted by Crippen LogP contribution is 2.41. The van der Waals surface area contributed by atoms with Crippen molar-refractivity contribution in [3.63, 3.8) is 0 Å². The summed E-state index contributed by atoms with van der Waals surface area (Å²) in [5.41, 5.74) is 15.4. The van der Waals surface area contributed by atoms with Crippen molar-refractivity contribution in [2.45, 2.75) is 81.4 Å². The van der Waals surface area contributed by atoms with Crippen LogP contribution in [0, 0.1) is 33.6 Å². The van der Waals surface area contributed by atoms with Gasteiger partial charge in [-0.3, -0.25) is 29.0 Å². The second-order valence-corrected chi connectivity index (χ2v) is 35.6. The first kappa shape index (κ1) is 86.1. The van der Waals surface area contributed by atoms with Crippen molar-refractivity contribution >= 4 is 108 Å². The summed E-state index contributed by atoms with van der Waals surface area (Å²) in [6.45, 7) is 20.9. The molecule has 0 amide bonds. The van der Waals surface area contributed by atoms with Crippen LogP contribution in [0.1, 0.15) is 63.2 Å². The molecule has 17 heterocycles. The van der Waals surface area contributed by atoms with Gasteiger partial charge in [0.2, 0.25) is 5.88 Å². The number of aromatic nitrogens is 22. The van der Waals surface area contributed by atoms with Crippen molar-refractivity contribution in [2.75, 3.05) is 6.61 Å². The van der Waals surface area contributed by atoms with Crippen LogP contribution in [0.4, 0.5) is 0 Å². The maximum absolute atomic E-state index is 12.7. The van der Waals surface area contributed by atoms with E-state index in [1.165, 1.54) is 56.7 Å². The number of H-pyrrole nitrogens is 5. The Labute approximate surface area is 745 Å². The molecule has 0 fully saturated rings. The van der Waals surface area contributed by atoms with Gasteiger partial charge < -0.3 is 62.0 Å². The van der Waals surface area contributed by atoms with Crippen molar-refractivity contribution in [3.8, 4) is 131 Å². The number of pyridine rings is 2. The number of nitrogens with one attached hydrogen (secondary N) is 5. The Morgan fingerprint density at radius 2 is 0.701 bits per heavy atom. The van der Waals surface area contributed by atoms with Crippen LogP contribution >= 0.6 is 56.7 Å². The average Bonchev–Trinajstić information content (AvgIpc) is 1.59. The number of nitrogens with zero attached hydrogens (tertiary/aromatic N) is 17. The molecular formula is C92H86N22O8S5. The number of fused-ring (bicyclic) bond motifs is 5. The molecule has 3 aromatic carbocycles. The van der Waals surface area contributed by atoms with Crippen molar-refractivity contribution in [1.29, 1.82) is 0 Å². The van der Waals surface area contributed by atoms with Gasteiger partial charge >= 0.3 is 0 Å². The molecule has 0 aliphatic carbocycles. The molecule has 20 aromatic rings. The first-order valence-electron chi connectivity index (χ1n) is 40.3. The predicted octanol–water partition coefficient (Wildman–Crippen LogP) is 17.9. The molecule has 0 atom stereocenters. The Kier molecular flexibility index (Phi) is 25.0. The van der Waals surface area contributed by atoms with E-state index in [1.807, 2.05) is 245 Å². The lowest BCUT2D eigenvalue weighted by Crippen LogP contribution is -2.09. The molecule has 0 unspecified atom stereocenters. The van der Waals surface area contributed by atoms with Crippen LogP contribution in [0.5, 0.6) is 17.4 Å². The smallest absolute Gasteiger partial charge is 0.269 e. The normalized spacial score (nSPS) is 11.4. The maximum Gasteiger partial charge on any atom is 0.269 e. The van der Waals surface area contributed by atoms with E-state index in [2.05, 4.69) is 101 Å². The first-order chi connectivity index (χ1) is 61.2. The Morgan fingerprint density at radius 3 is 1.04 bits per heavy atom. The lowest BCUT2D eigenvalue weighted by atomic mass is 10.0. The summed E-state index contributed by atoms with van der Waals surface area (Å²) in [4.78, 5) is 131. The summed E-state index contributed by atoms with van der Waals surface area (Å²) in [6, 6.07) is 29.8. The third kappa shape index (κ3) is 18.3. The van der Waals surface area contributed by atoms with Crippen LogP contribution in [-0.4, -0.2) is 126 Å². The van der Waals surface area contributed by atoms with E-state index in [9.17, 15) is 24.0 Å². The number of imidazole rings is 5. The fourth-order valence-corrected chi connectivity index (χ4v) is 18.6. The number of rotatable bonds is 17. The van der Waals surface area contributed by atoms with Crippen LogP contribution in [0.3, 0.4) is 0 Å². The molecule has 5 N–H and O–H groups in total. The van der Waals surface area contributed by atoms with E-state index in [1.54, 1.807) is 43.4 Å². The molecule has 0 aliphatic heterocycles. The monoisotopic (exact) mass is 1790 g/mol. The number of benzene rings is 3. The second-order valence-electron chi connectivity index (χ2n) is 30.8. The van der Waals surface area contributed by atoms with Gasteiger partial charge in [0.1, 0.15) is 35.0 Å². The lowest BCUT2D eigenvalue weighted by molar-refractivity contribution is 0.240. The minimum absolute atomic E-state index is 0.119. The van der Waals surface area contributed by atoms with E-state index < -0.39 is 0 Å². The molecule has 17 aromatic heterocycles. The minimum atomic E-state index is -0.168. The van der Waals surface area contributed by atoms with Gasteiger partial charge in [-0.2, -0.15) is 0 Å². The van der Waals surface area contributed by atoms with Crippen LogP contribution in [-0.2, 0) is 35.2 Å². The zero-order valence-electron chi connectivity index (χ0n) is 71.7. The van der Waals surface area contributed by atoms with E-state index >= 15 is 0 Å². The Morgan fingerprint density at radius 1 is 0.362 bits per heavy atom. The van der Waals surface area contributed by atoms with Crippen LogP contribution in [0.15, 0.2) is 211 Å². The number of hydrogen-bond acceptors (Lipinski definition) is 25. The topological polar surface area (TPSA) is 371 Å². The van der Waals surface area contributed by atoms with Crippen molar-refractivity contribution in [3.05, 3.63) is 260 Å². The molecular weight excluding hydrogens is 1700 g/mol. The molecule has 20 rings (SSSR count). The first-order valence-corrected chi connectivity index (χ1v) is 44.6. The van der Waals surface area contributed by atoms with Gasteiger partial charge in [-0.25, -0.2) is 54.8 Å². The number of aryl methyl sites for hydroxylation is 9. The van der Waals surface area contributed by atoms with Gasteiger partial charge in [0.15, 0.2) is 58.2 Å². The fraction of sp³-hybridized carbons (Fsp3) is 0.207. The quantitative estimate of drug-likeness (QED) is 0.0565. The summed E-state index contributed by atoms with van der Waals surface area (Å²) >= 11 is 7.04. The number of thiophene rings is 5. The van der Waals surface area contributed by atoms with Crippen molar-refractivity contribution in [1.82, 2.24) is 108 Å². The summed E-state index contributed by atoms with van der Waals surface area (Å²) in [5.74, 6) is 8.25. The van der Waals surface area contributed by atoms with Crippen LogP contribution in [0.2, 0.25) is 0 Å². The van der Waals surface area contributed by atoms with Gasteiger partial charge in [0, 0.05) is 187 Å². The van der Waals surface area contributed by atoms with Gasteiger partial charge in [-0.15, -0.1) is 56.7 Å². The maximum atomic E-state index is 12.7. The summed E-state index contributed by atoms with van der Waals surface area (Å²) < 4.78 is 29.5. The van der Waals surface area contributed by atoms with E-state index in [0.717, 1.165) is 94.3 Å². The molecule has 0 spiro atoms. The van der Waals surface area contributed by atoms with Crippen molar-refractivity contribution < 1.29 is 14.2 Å². The predicted molar refractivity (Wildman–Crippen MR) is 506 cm³/mol. The SMILES string of the molecule is CC(C)COc1ccc(-c2csc3c(=O)[nH]c(-c4nccn4C)nc23)cn1.Cc1cc(-c2c(C)sc3c(=O)[nH]c(-c4nccn4C)nc23)ccc1OC(C)C.Cc1cc(-c2csc3c(=O)[nH]c(-c4nccn4C)nc23)ccc1OC(C)C.Cc1ccc(-c2csc3c(=O)[nH]c(-c4nccn4C)nc23)cn1.Cn1ccnc1-c1nc2c(-c3ccccc3)csc2c(=O)[nH]1. The van der Waals surface area contributed by atoms with Gasteiger partial charge in [-0.05, 0) is 126 Å². The van der Waals surface area contributed by atoms with Crippen molar-refractivity contribution in [2.24, 2.45) is 41.2 Å². The largest absolute Gasteiger partial charge is 0.491 e. The molecule has 0 saturated carbocycles. The van der Waals surface area contributed by atoms with Gasteiger partial charge in [0.25, 0.3) is 27.8 Å². The highest BCUT2D eigenvalue weighted by Gasteiger charge is 2.24. The fourth-order valence-electron chi connectivity index (χ4n) is 14.0. The summed E-state index contributed by atoms with van der Waals surface area (Å²) in [5, 5.41) is 7.83. The van der Waals surface area contributed by atoms with Crippen LogP contribution < -0.4 is 42.0 Å². The van der Waals surface area contributed by atoms with Gasteiger partial charge in [0.05, 0.1) is 46.4 Å². The minimum Gasteiger partial charge on any atom is -0.491 e. The molecule has 0 saturated heterocycles. The Bertz CT molecular complexity index is 7740. The van der Waals surface area contributed by atoms with E-state index in [4.69, 9.17) is 24.2 Å². The zero-order chi connectivity index (χ0) is 89.2. The number of ether oxygens (including phenoxy) is 3. The molecule has 127 heavy (non-hydrogen) atoms. The molecule has 642 valence electrons. The molecule has 30 nitrogen and oxygen atoms in total. The van der Waals surface area contributed by atoms with E-state index in [-0.39, 0.29) is 40.0 Å². The average molecular weight is 1790 g/mol. The summed E-state index contributed by atoms with van der Waals surface area (Å²) in [6.07, 6.45) is 21.3. The third-order valence-electron chi connectivity index (χ3n) is 20.2.